The van der Waals surface area contributed by atoms with Crippen molar-refractivity contribution in [3.05, 3.63) is 0 Å². The van der Waals surface area contributed by atoms with Crippen molar-refractivity contribution in [2.75, 3.05) is 18.8 Å². The summed E-state index contributed by atoms with van der Waals surface area (Å²) >= 11 is 1.81. The lowest BCUT2D eigenvalue weighted by Crippen LogP contribution is -3.03. The molecule has 0 radical (unpaired) electrons. The van der Waals surface area contributed by atoms with E-state index < -0.39 is 0 Å². The van der Waals surface area contributed by atoms with Gasteiger partial charge in [0.15, 0.2) is 0 Å². The Labute approximate surface area is 89.6 Å². The lowest BCUT2D eigenvalue weighted by atomic mass is 9.86. The summed E-state index contributed by atoms with van der Waals surface area (Å²) in [5, 5.41) is 2.81. The first-order valence-electron chi connectivity index (χ1n) is 5.31. The Bertz CT molecular complexity index is 257. The van der Waals surface area contributed by atoms with Crippen LogP contribution >= 0.6 is 11.8 Å². The van der Waals surface area contributed by atoms with Crippen LogP contribution in [0.25, 0.3) is 0 Å². The molecule has 2 atom stereocenters. The number of rotatable bonds is 1. The highest BCUT2D eigenvalue weighted by atomic mass is 32.2. The van der Waals surface area contributed by atoms with E-state index in [1.54, 1.807) is 0 Å². The number of nitrogens with two attached hydrogens (primary N) is 1. The van der Waals surface area contributed by atoms with Gasteiger partial charge in [0.2, 0.25) is 5.91 Å². The van der Waals surface area contributed by atoms with Gasteiger partial charge < -0.3 is 10.2 Å². The molecule has 0 unspecified atom stereocenters. The molecule has 3 nitrogen and oxygen atoms in total. The molecule has 2 rings (SSSR count). The summed E-state index contributed by atoms with van der Waals surface area (Å²) in [5.74, 6) is 1.62. The van der Waals surface area contributed by atoms with E-state index in [0.29, 0.717) is 23.0 Å². The largest absolute Gasteiger partial charge is 0.338 e. The highest BCUT2D eigenvalue weighted by Gasteiger charge is 2.51. The highest BCUT2D eigenvalue weighted by molar-refractivity contribution is 8.01. The maximum atomic E-state index is 11.6. The zero-order valence-electron chi connectivity index (χ0n) is 9.12. The Morgan fingerprint density at radius 1 is 1.64 bits per heavy atom. The van der Waals surface area contributed by atoms with Gasteiger partial charge in [-0.2, -0.15) is 0 Å². The number of piperazine rings is 1. The maximum Gasteiger partial charge on any atom is 0.233 e. The average Bonchev–Trinajstić information content (AvgIpc) is 2.50. The number of amides is 1. The standard InChI is InChI=1S/C10H18N2OS/c1-7(2)10(3)9-12(5-4-11-10)8(13)6-14-9/h7,9,11H,4-6H2,1-3H3/p+1/t9-,10+/m0/s1. The third kappa shape index (κ3) is 1.36. The first-order chi connectivity index (χ1) is 6.55. The molecule has 0 bridgehead atoms. The number of thioether (sulfide) groups is 1. The molecule has 0 saturated carbocycles. The molecule has 2 aliphatic heterocycles. The zero-order chi connectivity index (χ0) is 10.3. The molecule has 2 aliphatic rings. The topological polar surface area (TPSA) is 36.9 Å². The number of carbonyl (C=O) groups is 1. The number of fused-ring (bicyclic) bond motifs is 1. The van der Waals surface area contributed by atoms with E-state index in [9.17, 15) is 4.79 Å². The minimum Gasteiger partial charge on any atom is -0.338 e. The van der Waals surface area contributed by atoms with Gasteiger partial charge >= 0.3 is 0 Å². The molecule has 0 aromatic carbocycles. The molecule has 4 heteroatoms. The van der Waals surface area contributed by atoms with Gasteiger partial charge in [0.25, 0.3) is 0 Å². The van der Waals surface area contributed by atoms with E-state index in [1.165, 1.54) is 0 Å². The van der Waals surface area contributed by atoms with Gasteiger partial charge in [-0.1, -0.05) is 13.8 Å². The molecule has 1 amide bonds. The Hall–Kier alpha value is -0.220. The molecule has 2 saturated heterocycles. The van der Waals surface area contributed by atoms with Crippen LogP contribution in [0.15, 0.2) is 0 Å². The lowest BCUT2D eigenvalue weighted by Gasteiger charge is -2.44. The van der Waals surface area contributed by atoms with Gasteiger partial charge in [0, 0.05) is 5.92 Å². The average molecular weight is 215 g/mol. The van der Waals surface area contributed by atoms with Crippen LogP contribution < -0.4 is 5.32 Å². The van der Waals surface area contributed by atoms with Crippen LogP contribution in [0.2, 0.25) is 0 Å². The van der Waals surface area contributed by atoms with Crippen LogP contribution in [0.3, 0.4) is 0 Å². The second kappa shape index (κ2) is 3.42. The monoisotopic (exact) mass is 215 g/mol. The van der Waals surface area contributed by atoms with Gasteiger partial charge in [-0.25, -0.2) is 0 Å². The Kier molecular flexibility index (Phi) is 2.52. The van der Waals surface area contributed by atoms with Crippen molar-refractivity contribution >= 4 is 17.7 Å². The number of hydrogen-bond donors (Lipinski definition) is 1. The maximum absolute atomic E-state index is 11.6. The summed E-state index contributed by atoms with van der Waals surface area (Å²) in [5.41, 5.74) is 0.203. The van der Waals surface area contributed by atoms with Crippen LogP contribution in [0.5, 0.6) is 0 Å². The Morgan fingerprint density at radius 2 is 2.36 bits per heavy atom. The van der Waals surface area contributed by atoms with Gasteiger partial charge in [-0.05, 0) is 6.92 Å². The van der Waals surface area contributed by atoms with Crippen LogP contribution in [0, 0.1) is 5.92 Å². The van der Waals surface area contributed by atoms with Crippen molar-refractivity contribution in [1.82, 2.24) is 4.90 Å². The fourth-order valence-corrected chi connectivity index (χ4v) is 3.94. The van der Waals surface area contributed by atoms with Crippen LogP contribution in [0.1, 0.15) is 20.8 Å². The minimum absolute atomic E-state index is 0.203. The van der Waals surface area contributed by atoms with Crippen LogP contribution in [0.4, 0.5) is 0 Å². The molecule has 2 N–H and O–H groups in total. The molecule has 14 heavy (non-hydrogen) atoms. The molecule has 0 aromatic rings. The van der Waals surface area contributed by atoms with E-state index in [1.807, 2.05) is 11.8 Å². The molecule has 2 heterocycles. The van der Waals surface area contributed by atoms with Crippen molar-refractivity contribution in [3.63, 3.8) is 0 Å². The van der Waals surface area contributed by atoms with E-state index in [0.717, 1.165) is 13.1 Å². The van der Waals surface area contributed by atoms with Crippen molar-refractivity contribution < 1.29 is 10.1 Å². The van der Waals surface area contributed by atoms with Crippen molar-refractivity contribution in [1.29, 1.82) is 0 Å². The summed E-state index contributed by atoms with van der Waals surface area (Å²) in [6.07, 6.45) is 0. The number of nitrogens with zero attached hydrogens (tertiary/aromatic N) is 1. The lowest BCUT2D eigenvalue weighted by molar-refractivity contribution is -0.740. The molecular weight excluding hydrogens is 196 g/mol. The van der Waals surface area contributed by atoms with Gasteiger partial charge in [-0.15, -0.1) is 11.8 Å². The van der Waals surface area contributed by atoms with Crippen LogP contribution in [-0.4, -0.2) is 40.6 Å². The summed E-state index contributed by atoms with van der Waals surface area (Å²) in [4.78, 5) is 13.7. The summed E-state index contributed by atoms with van der Waals surface area (Å²) in [6.45, 7) is 8.78. The highest BCUT2D eigenvalue weighted by Crippen LogP contribution is 2.35. The summed E-state index contributed by atoms with van der Waals surface area (Å²) < 4.78 is 0. The Morgan fingerprint density at radius 3 is 3.00 bits per heavy atom. The fraction of sp³-hybridized carbons (Fsp3) is 0.900. The molecule has 0 aliphatic carbocycles. The van der Waals surface area contributed by atoms with Crippen molar-refractivity contribution in [2.24, 2.45) is 5.92 Å². The predicted molar refractivity (Wildman–Crippen MR) is 58.0 cm³/mol. The van der Waals surface area contributed by atoms with E-state index >= 15 is 0 Å². The first-order valence-corrected chi connectivity index (χ1v) is 6.36. The third-order valence-electron chi connectivity index (χ3n) is 3.70. The quantitative estimate of drug-likeness (QED) is 0.662. The number of carbonyl (C=O) groups excluding carboxylic acids is 1. The zero-order valence-corrected chi connectivity index (χ0v) is 9.93. The van der Waals surface area contributed by atoms with Gasteiger partial charge in [-0.3, -0.25) is 4.79 Å². The van der Waals surface area contributed by atoms with Crippen molar-refractivity contribution in [2.45, 2.75) is 31.7 Å². The van der Waals surface area contributed by atoms with E-state index in [2.05, 4.69) is 31.0 Å². The Balaban J connectivity index is 2.24. The number of hydrogen-bond acceptors (Lipinski definition) is 2. The van der Waals surface area contributed by atoms with Crippen LogP contribution in [-0.2, 0) is 4.79 Å². The van der Waals surface area contributed by atoms with Crippen molar-refractivity contribution in [3.8, 4) is 0 Å². The molecule has 0 aromatic heterocycles. The fourth-order valence-electron chi connectivity index (χ4n) is 2.35. The summed E-state index contributed by atoms with van der Waals surface area (Å²) in [6, 6.07) is 0. The predicted octanol–water partition coefficient (Wildman–Crippen LogP) is -0.120. The number of quaternary nitrogens is 1. The second-order valence-electron chi connectivity index (χ2n) is 4.76. The van der Waals surface area contributed by atoms with Gasteiger partial charge in [0.05, 0.1) is 18.8 Å². The summed E-state index contributed by atoms with van der Waals surface area (Å²) in [7, 11) is 0. The van der Waals surface area contributed by atoms with E-state index in [-0.39, 0.29) is 5.54 Å². The minimum atomic E-state index is 0.203. The molecular formula is C10H19N2OS+. The smallest absolute Gasteiger partial charge is 0.233 e. The second-order valence-corrected chi connectivity index (χ2v) is 5.83. The normalized spacial score (nSPS) is 37.9. The van der Waals surface area contributed by atoms with Gasteiger partial charge in [0.1, 0.15) is 10.9 Å². The molecule has 80 valence electrons. The third-order valence-corrected chi connectivity index (χ3v) is 5.19. The molecule has 0 spiro atoms. The first kappa shape index (κ1) is 10.3. The molecule has 2 fully saturated rings. The van der Waals surface area contributed by atoms with E-state index in [4.69, 9.17) is 0 Å². The SMILES string of the molecule is CC(C)[C@@]1(C)[NH2+]CCN2C(=O)CS[C@H]21.